The van der Waals surface area contributed by atoms with Crippen LogP contribution in [0.15, 0.2) is 72.3 Å². The van der Waals surface area contributed by atoms with E-state index in [1.165, 1.54) is 31.4 Å². The third-order valence-corrected chi connectivity index (χ3v) is 11.0. The number of aromatic hydroxyl groups is 2. The van der Waals surface area contributed by atoms with Crippen LogP contribution in [0.3, 0.4) is 0 Å². The number of carbonyl (C=O) groups excluding carboxylic acids is 4. The topological polar surface area (TPSA) is 162 Å². The van der Waals surface area contributed by atoms with Crippen LogP contribution in [0.25, 0.3) is 6.08 Å². The fourth-order valence-electron chi connectivity index (χ4n) is 8.19. The molecule has 3 N–H and O–H groups in total. The third-order valence-electron chi connectivity index (χ3n) is 10.7. The fraction of sp³-hybridized carbons (Fsp3) is 0.270. The zero-order valence-corrected chi connectivity index (χ0v) is 27.4. The van der Waals surface area contributed by atoms with E-state index in [1.54, 1.807) is 31.2 Å². The number of anilines is 2. The molecule has 0 unspecified atom stereocenters. The number of phenolic OH excluding ortho intramolecular Hbond substituents is 1. The summed E-state index contributed by atoms with van der Waals surface area (Å²) < 4.78 is 19.4. The lowest BCUT2D eigenvalue weighted by atomic mass is 9.52. The summed E-state index contributed by atoms with van der Waals surface area (Å²) in [6.45, 7) is 1.69. The first kappa shape index (κ1) is 33.0. The van der Waals surface area contributed by atoms with Crippen LogP contribution in [-0.4, -0.2) is 52.0 Å². The van der Waals surface area contributed by atoms with Crippen molar-refractivity contribution in [3.63, 3.8) is 0 Å². The van der Waals surface area contributed by atoms with Gasteiger partial charge < -0.3 is 20.1 Å². The van der Waals surface area contributed by atoms with Crippen molar-refractivity contribution in [3.05, 3.63) is 94.3 Å². The molecule has 2 heterocycles. The highest BCUT2D eigenvalue weighted by atomic mass is 35.5. The average molecular weight is 701 g/mol. The number of carboxylic acids is 1. The van der Waals surface area contributed by atoms with Crippen molar-refractivity contribution < 1.29 is 48.4 Å². The minimum absolute atomic E-state index is 0.0169. The summed E-state index contributed by atoms with van der Waals surface area (Å²) in [7, 11) is 1.41. The second kappa shape index (κ2) is 11.8. The number of fused-ring (bicyclic) bond motifs is 4. The highest BCUT2D eigenvalue weighted by Gasteiger charge is 2.67. The molecule has 4 aliphatic rings. The van der Waals surface area contributed by atoms with Crippen molar-refractivity contribution in [1.82, 2.24) is 0 Å². The summed E-state index contributed by atoms with van der Waals surface area (Å²) in [6, 6.07) is 11.8. The SMILES string of the molecule is COc1cc(C=C[C@H]2C3=CC[C@@H]4C(=O)N(c5ccc(C(=O)O)c(O)c5)C(=O)[C@@H]4[C@@H]3C[C@H]3C(=O)N(c4ccc(F)c(Cl)c4)C(=O)[C@@]23C)ccc1O. The van der Waals surface area contributed by atoms with Gasteiger partial charge in [-0.15, -0.1) is 0 Å². The highest BCUT2D eigenvalue weighted by molar-refractivity contribution is 6.32. The molecule has 50 heavy (non-hydrogen) atoms. The first-order valence-electron chi connectivity index (χ1n) is 15.8. The Hall–Kier alpha value is -5.49. The monoisotopic (exact) mass is 700 g/mol. The van der Waals surface area contributed by atoms with Gasteiger partial charge in [0.15, 0.2) is 11.5 Å². The Balaban J connectivity index is 1.32. The summed E-state index contributed by atoms with van der Waals surface area (Å²) in [6.07, 6.45) is 5.60. The summed E-state index contributed by atoms with van der Waals surface area (Å²) in [5.74, 6) is -8.74. The number of nitrogens with zero attached hydrogens (tertiary/aromatic N) is 2. The maximum atomic E-state index is 14.5. The van der Waals surface area contributed by atoms with Gasteiger partial charge in [-0.05, 0) is 73.7 Å². The minimum Gasteiger partial charge on any atom is -0.507 e. The normalized spacial score (nSPS) is 27.4. The average Bonchev–Trinajstić information content (AvgIpc) is 3.45. The molecule has 4 amide bonds. The lowest BCUT2D eigenvalue weighted by Gasteiger charge is -2.47. The first-order chi connectivity index (χ1) is 23.8. The molecule has 7 rings (SSSR count). The smallest absolute Gasteiger partial charge is 0.339 e. The maximum absolute atomic E-state index is 14.5. The number of ether oxygens (including phenoxy) is 1. The van der Waals surface area contributed by atoms with Crippen molar-refractivity contribution in [2.75, 3.05) is 16.9 Å². The fourth-order valence-corrected chi connectivity index (χ4v) is 8.36. The molecule has 0 radical (unpaired) electrons. The van der Waals surface area contributed by atoms with Crippen molar-refractivity contribution in [1.29, 1.82) is 0 Å². The molecule has 0 aromatic heterocycles. The van der Waals surface area contributed by atoms with Gasteiger partial charge in [0.25, 0.3) is 0 Å². The molecule has 13 heteroatoms. The Morgan fingerprint density at radius 3 is 2.34 bits per heavy atom. The number of imide groups is 2. The van der Waals surface area contributed by atoms with Crippen molar-refractivity contribution in [3.8, 4) is 17.2 Å². The molecule has 3 aromatic carbocycles. The van der Waals surface area contributed by atoms with E-state index in [2.05, 4.69) is 0 Å². The van der Waals surface area contributed by atoms with Crippen LogP contribution < -0.4 is 14.5 Å². The van der Waals surface area contributed by atoms with Crippen molar-refractivity contribution >= 4 is 58.6 Å². The Morgan fingerprint density at radius 2 is 1.66 bits per heavy atom. The van der Waals surface area contributed by atoms with Crippen LogP contribution in [-0.2, 0) is 19.2 Å². The van der Waals surface area contributed by atoms with Gasteiger partial charge in [0, 0.05) is 12.0 Å². The molecule has 3 fully saturated rings. The molecule has 1 saturated carbocycles. The minimum atomic E-state index is -1.38. The van der Waals surface area contributed by atoms with E-state index in [1.807, 2.05) is 6.08 Å². The third kappa shape index (κ3) is 4.80. The maximum Gasteiger partial charge on any atom is 0.339 e. The molecule has 2 saturated heterocycles. The van der Waals surface area contributed by atoms with Crippen LogP contribution >= 0.6 is 11.6 Å². The van der Waals surface area contributed by atoms with E-state index in [9.17, 15) is 43.7 Å². The molecular formula is C37H30ClFN2O9. The van der Waals surface area contributed by atoms with Crippen LogP contribution in [0.4, 0.5) is 15.8 Å². The van der Waals surface area contributed by atoms with E-state index in [0.717, 1.165) is 28.0 Å². The lowest BCUT2D eigenvalue weighted by molar-refractivity contribution is -0.132. The quantitative estimate of drug-likeness (QED) is 0.220. The number of carbonyl (C=O) groups is 5. The molecule has 3 aromatic rings. The summed E-state index contributed by atoms with van der Waals surface area (Å²) >= 11 is 6.05. The predicted octanol–water partition coefficient (Wildman–Crippen LogP) is 5.58. The number of rotatable bonds is 6. The zero-order chi connectivity index (χ0) is 35.8. The number of hydrogen-bond acceptors (Lipinski definition) is 8. The van der Waals surface area contributed by atoms with E-state index in [-0.39, 0.29) is 40.7 Å². The molecule has 2 aliphatic carbocycles. The first-order valence-corrected chi connectivity index (χ1v) is 16.2. The summed E-state index contributed by atoms with van der Waals surface area (Å²) in [5, 5.41) is 29.5. The number of methoxy groups -OCH3 is 1. The van der Waals surface area contributed by atoms with Gasteiger partial charge in [0.2, 0.25) is 23.6 Å². The van der Waals surface area contributed by atoms with E-state index in [0.29, 0.717) is 11.1 Å². The van der Waals surface area contributed by atoms with E-state index < -0.39 is 81.7 Å². The van der Waals surface area contributed by atoms with Gasteiger partial charge in [0.05, 0.1) is 46.7 Å². The predicted molar refractivity (Wildman–Crippen MR) is 178 cm³/mol. The van der Waals surface area contributed by atoms with Crippen LogP contribution in [0.5, 0.6) is 17.2 Å². The number of phenols is 2. The molecule has 2 aliphatic heterocycles. The number of hydrogen-bond donors (Lipinski definition) is 3. The number of aromatic carboxylic acids is 1. The number of benzene rings is 3. The molecule has 256 valence electrons. The second-order valence-corrected chi connectivity index (χ2v) is 13.5. The van der Waals surface area contributed by atoms with Crippen LogP contribution in [0.2, 0.25) is 5.02 Å². The number of carboxylic acid groups (broad SMARTS) is 1. The second-order valence-electron chi connectivity index (χ2n) is 13.1. The molecule has 6 atom stereocenters. The van der Waals surface area contributed by atoms with Gasteiger partial charge in [-0.2, -0.15) is 0 Å². The molecule has 11 nitrogen and oxygen atoms in total. The van der Waals surface area contributed by atoms with Gasteiger partial charge in [-0.1, -0.05) is 41.5 Å². The van der Waals surface area contributed by atoms with E-state index >= 15 is 0 Å². The Kier molecular flexibility index (Phi) is 7.82. The van der Waals surface area contributed by atoms with Gasteiger partial charge >= 0.3 is 5.97 Å². The zero-order valence-electron chi connectivity index (χ0n) is 26.7. The van der Waals surface area contributed by atoms with Crippen molar-refractivity contribution in [2.45, 2.75) is 19.8 Å². The van der Waals surface area contributed by atoms with Crippen LogP contribution in [0, 0.1) is 40.8 Å². The number of allylic oxidation sites excluding steroid dienone is 3. The highest BCUT2D eigenvalue weighted by Crippen LogP contribution is 2.61. The van der Waals surface area contributed by atoms with Gasteiger partial charge in [0.1, 0.15) is 17.1 Å². The largest absolute Gasteiger partial charge is 0.507 e. The Labute approximate surface area is 289 Å². The number of amides is 4. The van der Waals surface area contributed by atoms with E-state index in [4.69, 9.17) is 16.3 Å². The standard InChI is InChI=1S/C37H30ClFN2O9/c1-37-24(10-3-17-4-12-28(42)30(13-17)50-2)20-8-9-22-31(34(46)40(32(22)44)19-5-7-21(35(47)48)29(43)15-19)23(20)16-25(37)33(45)41(36(37)49)18-6-11-27(39)26(38)14-18/h3-8,10-15,22-25,31,42-43H,9,16H2,1-2H3,(H,47,48)/t22-,23+,24-,25-,31-,37-/m0/s1. The van der Waals surface area contributed by atoms with Gasteiger partial charge in [-0.25, -0.2) is 19.0 Å². The molecule has 0 bridgehead atoms. The summed E-state index contributed by atoms with van der Waals surface area (Å²) in [5.41, 5.74) is -0.293. The Bertz CT molecular complexity index is 2100. The van der Waals surface area contributed by atoms with Crippen molar-refractivity contribution in [2.24, 2.45) is 35.0 Å². The van der Waals surface area contributed by atoms with Crippen LogP contribution in [0.1, 0.15) is 35.7 Å². The lowest BCUT2D eigenvalue weighted by Crippen LogP contribution is -2.49. The molecule has 0 spiro atoms. The Morgan fingerprint density at radius 1 is 0.940 bits per heavy atom. The molecular weight excluding hydrogens is 671 g/mol. The summed E-state index contributed by atoms with van der Waals surface area (Å²) in [4.78, 5) is 70.1. The number of halogens is 2. The van der Waals surface area contributed by atoms with Gasteiger partial charge in [-0.3, -0.25) is 19.2 Å².